The highest BCUT2D eigenvalue weighted by Crippen LogP contribution is 2.51. The molecule has 0 N–H and O–H groups in total. The largest absolute Gasteiger partial charge is 0.377 e. The van der Waals surface area contributed by atoms with Gasteiger partial charge in [-0.3, -0.25) is 9.36 Å². The smallest absolute Gasteiger partial charge is 0.335 e. The van der Waals surface area contributed by atoms with E-state index in [1.807, 2.05) is 0 Å². The van der Waals surface area contributed by atoms with Crippen LogP contribution in [0.15, 0.2) is 24.3 Å². The molecule has 1 heterocycles. The number of nitrogens with zero attached hydrogens (tertiary/aromatic N) is 1. The van der Waals surface area contributed by atoms with Crippen molar-refractivity contribution in [3.63, 3.8) is 0 Å². The second kappa shape index (κ2) is 7.07. The lowest BCUT2D eigenvalue weighted by Crippen LogP contribution is -2.45. The van der Waals surface area contributed by atoms with E-state index in [2.05, 4.69) is 0 Å². The maximum atomic E-state index is 12.4. The second-order valence-electron chi connectivity index (χ2n) is 4.59. The maximum absolute atomic E-state index is 12.4. The molecule has 0 bridgehead atoms. The first-order valence-corrected chi connectivity index (χ1v) is 8.74. The molecule has 1 aliphatic rings. The number of carbonyl (C=O) groups is 1. The fourth-order valence-corrected chi connectivity index (χ4v) is 3.62. The Hall–Kier alpha value is -1.36. The van der Waals surface area contributed by atoms with Crippen LogP contribution in [-0.2, 0) is 24.6 Å². The highest BCUT2D eigenvalue weighted by molar-refractivity contribution is 7.53. The van der Waals surface area contributed by atoms with Crippen molar-refractivity contribution >= 4 is 13.5 Å². The van der Waals surface area contributed by atoms with Crippen molar-refractivity contribution in [2.45, 2.75) is 26.4 Å². The van der Waals surface area contributed by atoms with E-state index in [4.69, 9.17) is 13.9 Å². The molecule has 0 aliphatic carbocycles. The Morgan fingerprint density at radius 1 is 1.14 bits per heavy atom. The van der Waals surface area contributed by atoms with E-state index >= 15 is 0 Å². The first-order chi connectivity index (χ1) is 10.1. The van der Waals surface area contributed by atoms with Crippen molar-refractivity contribution in [2.75, 3.05) is 19.8 Å². The van der Waals surface area contributed by atoms with Gasteiger partial charge in [-0.05, 0) is 31.5 Å². The number of hydroxylamine groups is 2. The Balaban J connectivity index is 1.97. The van der Waals surface area contributed by atoms with Gasteiger partial charge >= 0.3 is 7.60 Å². The predicted octanol–water partition coefficient (Wildman–Crippen LogP) is 2.98. The molecule has 1 aromatic rings. The van der Waals surface area contributed by atoms with Gasteiger partial charge in [-0.25, -0.2) is 0 Å². The normalized spacial score (nSPS) is 15.0. The minimum absolute atomic E-state index is 0.0173. The highest BCUT2D eigenvalue weighted by atomic mass is 31.2. The van der Waals surface area contributed by atoms with Crippen LogP contribution >= 0.6 is 7.60 Å². The summed E-state index contributed by atoms with van der Waals surface area (Å²) >= 11 is 0. The van der Waals surface area contributed by atoms with Crippen LogP contribution in [0.2, 0.25) is 0 Å². The van der Waals surface area contributed by atoms with Crippen LogP contribution < -0.4 is 4.84 Å². The molecule has 0 spiro atoms. The van der Waals surface area contributed by atoms with Gasteiger partial charge in [0.25, 0.3) is 5.91 Å². The summed E-state index contributed by atoms with van der Waals surface area (Å²) in [5.74, 6) is 0.561. The third-order valence-corrected chi connectivity index (χ3v) is 5.03. The molecule has 0 unspecified atom stereocenters. The van der Waals surface area contributed by atoms with Crippen molar-refractivity contribution in [1.29, 1.82) is 0 Å². The average molecular weight is 313 g/mol. The van der Waals surface area contributed by atoms with E-state index in [1.54, 1.807) is 38.1 Å². The molecule has 2 rings (SSSR count). The summed E-state index contributed by atoms with van der Waals surface area (Å²) in [5, 5.41) is 1.32. The second-order valence-corrected chi connectivity index (χ2v) is 6.64. The van der Waals surface area contributed by atoms with Gasteiger partial charge < -0.3 is 13.9 Å². The Labute approximate surface area is 124 Å². The lowest BCUT2D eigenvalue weighted by Gasteiger charge is -2.29. The van der Waals surface area contributed by atoms with E-state index < -0.39 is 7.60 Å². The van der Waals surface area contributed by atoms with Gasteiger partial charge in [0.1, 0.15) is 0 Å². The maximum Gasteiger partial charge on any atom is 0.335 e. The zero-order valence-electron chi connectivity index (χ0n) is 12.3. The lowest BCUT2D eigenvalue weighted by molar-refractivity contribution is -0.174. The SMILES string of the molecule is CCOP(=O)(Cc1ccc(ON2CCC2=O)cc1)OCC. The summed E-state index contributed by atoms with van der Waals surface area (Å²) in [7, 11) is -3.09. The summed E-state index contributed by atoms with van der Waals surface area (Å²) in [6, 6.07) is 7.07. The third-order valence-electron chi connectivity index (χ3n) is 2.97. The predicted molar refractivity (Wildman–Crippen MR) is 78.0 cm³/mol. The van der Waals surface area contributed by atoms with Gasteiger partial charge in [0.2, 0.25) is 0 Å². The number of β-lactam (4-membered cyclic amide) rings is 1. The molecule has 0 atom stereocenters. The van der Waals surface area contributed by atoms with Crippen LogP contribution in [0.3, 0.4) is 0 Å². The molecule has 21 heavy (non-hydrogen) atoms. The minimum atomic E-state index is -3.09. The van der Waals surface area contributed by atoms with Crippen LogP contribution in [0.5, 0.6) is 5.75 Å². The highest BCUT2D eigenvalue weighted by Gasteiger charge is 2.26. The summed E-state index contributed by atoms with van der Waals surface area (Å²) in [5.41, 5.74) is 0.836. The van der Waals surface area contributed by atoms with Crippen molar-refractivity contribution in [1.82, 2.24) is 5.06 Å². The Kier molecular flexibility index (Phi) is 5.39. The fourth-order valence-electron chi connectivity index (χ4n) is 1.92. The van der Waals surface area contributed by atoms with Gasteiger partial charge in [0.15, 0.2) is 5.75 Å². The van der Waals surface area contributed by atoms with E-state index in [0.29, 0.717) is 31.9 Å². The first-order valence-electron chi connectivity index (χ1n) is 7.01. The average Bonchev–Trinajstić information content (AvgIpc) is 2.45. The van der Waals surface area contributed by atoms with Crippen LogP contribution in [-0.4, -0.2) is 30.7 Å². The van der Waals surface area contributed by atoms with Gasteiger partial charge in [0, 0.05) is 0 Å². The van der Waals surface area contributed by atoms with Crippen LogP contribution in [0.4, 0.5) is 0 Å². The Bertz CT molecular complexity index is 521. The zero-order valence-corrected chi connectivity index (χ0v) is 13.2. The van der Waals surface area contributed by atoms with Gasteiger partial charge in [-0.2, -0.15) is 5.06 Å². The Morgan fingerprint density at radius 3 is 2.19 bits per heavy atom. The molecule has 7 heteroatoms. The van der Waals surface area contributed by atoms with Crippen molar-refractivity contribution in [2.24, 2.45) is 0 Å². The molecule has 1 fully saturated rings. The molecule has 0 saturated carbocycles. The van der Waals surface area contributed by atoms with Crippen LogP contribution in [0, 0.1) is 0 Å². The molecule has 1 aliphatic heterocycles. The van der Waals surface area contributed by atoms with E-state index in [-0.39, 0.29) is 12.1 Å². The molecule has 1 saturated heterocycles. The van der Waals surface area contributed by atoms with Crippen LogP contribution in [0.25, 0.3) is 0 Å². The quantitative estimate of drug-likeness (QED) is 0.545. The number of amides is 1. The molecular formula is C14H20NO5P. The number of rotatable bonds is 8. The summed E-state index contributed by atoms with van der Waals surface area (Å²) in [4.78, 5) is 16.6. The van der Waals surface area contributed by atoms with Gasteiger partial charge in [-0.15, -0.1) is 0 Å². The molecule has 1 aromatic carbocycles. The molecule has 1 amide bonds. The number of hydrogen-bond donors (Lipinski definition) is 0. The number of hydrogen-bond acceptors (Lipinski definition) is 5. The van der Waals surface area contributed by atoms with Gasteiger partial charge in [-0.1, -0.05) is 12.1 Å². The topological polar surface area (TPSA) is 65.1 Å². The summed E-state index contributed by atoms with van der Waals surface area (Å²) < 4.78 is 22.9. The number of benzene rings is 1. The summed E-state index contributed by atoms with van der Waals surface area (Å²) in [6.07, 6.45) is 0.752. The molecule has 0 aromatic heterocycles. The van der Waals surface area contributed by atoms with Gasteiger partial charge in [0.05, 0.1) is 32.3 Å². The van der Waals surface area contributed by atoms with E-state index in [0.717, 1.165) is 5.56 Å². The van der Waals surface area contributed by atoms with Crippen molar-refractivity contribution in [3.05, 3.63) is 29.8 Å². The van der Waals surface area contributed by atoms with Crippen molar-refractivity contribution < 1.29 is 23.2 Å². The molecule has 116 valence electrons. The third kappa shape index (κ3) is 4.30. The van der Waals surface area contributed by atoms with Crippen LogP contribution in [0.1, 0.15) is 25.8 Å². The molecule has 6 nitrogen and oxygen atoms in total. The number of carbonyl (C=O) groups excluding carboxylic acids is 1. The minimum Gasteiger partial charge on any atom is -0.377 e. The van der Waals surface area contributed by atoms with Crippen molar-refractivity contribution in [3.8, 4) is 5.75 Å². The fraction of sp³-hybridized carbons (Fsp3) is 0.500. The molecule has 0 radical (unpaired) electrons. The summed E-state index contributed by atoms with van der Waals surface area (Å²) in [6.45, 7) is 4.87. The van der Waals surface area contributed by atoms with E-state index in [1.165, 1.54) is 5.06 Å². The Morgan fingerprint density at radius 2 is 1.76 bits per heavy atom. The lowest BCUT2D eigenvalue weighted by atomic mass is 10.2. The van der Waals surface area contributed by atoms with E-state index in [9.17, 15) is 9.36 Å². The zero-order chi connectivity index (χ0) is 15.3. The molecular weight excluding hydrogens is 293 g/mol. The first kappa shape index (κ1) is 16.0. The monoisotopic (exact) mass is 313 g/mol. The standard InChI is InChI=1S/C14H20NO5P/c1-3-18-21(17,19-4-2)11-12-5-7-13(8-6-12)20-15-10-9-14(15)16/h5-8H,3-4,9-11H2,1-2H3.